The number of carbonyl (C=O) groups is 1. The molecule has 0 bridgehead atoms. The minimum absolute atomic E-state index is 0.0415. The Balaban J connectivity index is 1.41. The fourth-order valence-electron chi connectivity index (χ4n) is 4.48. The van der Waals surface area contributed by atoms with E-state index in [1.165, 1.54) is 11.9 Å². The Labute approximate surface area is 183 Å². The lowest BCUT2D eigenvalue weighted by Crippen LogP contribution is -2.35. The largest absolute Gasteiger partial charge is 0.383 e. The van der Waals surface area contributed by atoms with E-state index in [2.05, 4.69) is 28.9 Å². The number of carbonyl (C=O) groups excluding carboxylic acids is 1. The summed E-state index contributed by atoms with van der Waals surface area (Å²) in [6.07, 6.45) is 6.32. The Bertz CT molecular complexity index is 1350. The molecule has 2 N–H and O–H groups in total. The molecule has 31 heavy (non-hydrogen) atoms. The summed E-state index contributed by atoms with van der Waals surface area (Å²) in [6, 6.07) is 2.18. The van der Waals surface area contributed by atoms with Gasteiger partial charge in [-0.2, -0.15) is 5.10 Å². The molecule has 1 amide bonds. The molecule has 4 aromatic rings. The first-order valence-electron chi connectivity index (χ1n) is 10.7. The van der Waals surface area contributed by atoms with Gasteiger partial charge < -0.3 is 10.6 Å². The quantitative estimate of drug-likeness (QED) is 0.529. The first-order valence-corrected chi connectivity index (χ1v) is 11.5. The molecule has 2 aliphatic rings. The van der Waals surface area contributed by atoms with Crippen LogP contribution in [0.5, 0.6) is 0 Å². The number of pyridine rings is 1. The van der Waals surface area contributed by atoms with E-state index in [0.717, 1.165) is 51.1 Å². The van der Waals surface area contributed by atoms with E-state index in [0.29, 0.717) is 30.4 Å². The third-order valence-electron chi connectivity index (χ3n) is 6.26. The van der Waals surface area contributed by atoms with Gasteiger partial charge in [0.05, 0.1) is 29.1 Å². The first-order chi connectivity index (χ1) is 15.0. The average Bonchev–Trinajstić information content (AvgIpc) is 3.40. The van der Waals surface area contributed by atoms with E-state index in [9.17, 15) is 4.79 Å². The zero-order valence-corrected chi connectivity index (χ0v) is 18.3. The lowest BCUT2D eigenvalue weighted by atomic mass is 10.0. The number of nitrogen functional groups attached to an aromatic ring is 1. The summed E-state index contributed by atoms with van der Waals surface area (Å²) in [7, 11) is 0. The Morgan fingerprint density at radius 1 is 1.29 bits per heavy atom. The molecule has 0 saturated heterocycles. The predicted octanol–water partition coefficient (Wildman–Crippen LogP) is 3.68. The van der Waals surface area contributed by atoms with E-state index in [-0.39, 0.29) is 11.9 Å². The summed E-state index contributed by atoms with van der Waals surface area (Å²) < 4.78 is 1.92. The molecule has 0 radical (unpaired) electrons. The number of anilines is 1. The van der Waals surface area contributed by atoms with Crippen molar-refractivity contribution in [2.24, 2.45) is 0 Å². The summed E-state index contributed by atoms with van der Waals surface area (Å²) >= 11 is 1.61. The molecule has 158 valence electrons. The highest BCUT2D eigenvalue weighted by molar-refractivity contribution is 7.19. The van der Waals surface area contributed by atoms with Crippen molar-refractivity contribution in [1.82, 2.24) is 29.6 Å². The van der Waals surface area contributed by atoms with Gasteiger partial charge in [-0.1, -0.05) is 0 Å². The SMILES string of the molecule is CC(C)n1ncc2c(C(=O)N3CCc4c(sc5ncnc(N)c45)C3)cc(C3CC3)nc21. The third-order valence-corrected chi connectivity index (χ3v) is 7.38. The lowest BCUT2D eigenvalue weighted by Gasteiger charge is -2.27. The van der Waals surface area contributed by atoms with Crippen molar-refractivity contribution in [2.45, 2.75) is 51.6 Å². The number of fused-ring (bicyclic) bond motifs is 4. The molecule has 1 fully saturated rings. The molecule has 0 unspecified atom stereocenters. The van der Waals surface area contributed by atoms with Crippen molar-refractivity contribution in [2.75, 3.05) is 12.3 Å². The van der Waals surface area contributed by atoms with Crippen LogP contribution in [0.4, 0.5) is 5.82 Å². The fourth-order valence-corrected chi connectivity index (χ4v) is 5.69. The molecule has 1 aliphatic heterocycles. The highest BCUT2D eigenvalue weighted by Gasteiger charge is 2.31. The van der Waals surface area contributed by atoms with Crippen LogP contribution in [-0.2, 0) is 13.0 Å². The van der Waals surface area contributed by atoms with E-state index in [4.69, 9.17) is 10.7 Å². The molecule has 0 aromatic carbocycles. The monoisotopic (exact) mass is 433 g/mol. The van der Waals surface area contributed by atoms with Crippen molar-refractivity contribution in [3.05, 3.63) is 40.3 Å². The highest BCUT2D eigenvalue weighted by Crippen LogP contribution is 2.41. The second-order valence-corrected chi connectivity index (χ2v) is 9.79. The van der Waals surface area contributed by atoms with Crippen LogP contribution < -0.4 is 5.73 Å². The Morgan fingerprint density at radius 3 is 2.90 bits per heavy atom. The Hall–Kier alpha value is -3.07. The minimum Gasteiger partial charge on any atom is -0.383 e. The van der Waals surface area contributed by atoms with Crippen molar-refractivity contribution in [1.29, 1.82) is 0 Å². The van der Waals surface area contributed by atoms with Crippen molar-refractivity contribution >= 4 is 44.3 Å². The first kappa shape index (κ1) is 18.7. The minimum atomic E-state index is 0.0415. The van der Waals surface area contributed by atoms with Gasteiger partial charge in [-0.15, -0.1) is 11.3 Å². The fraction of sp³-hybridized carbons (Fsp3) is 0.409. The van der Waals surface area contributed by atoms with Gasteiger partial charge in [-0.25, -0.2) is 19.6 Å². The van der Waals surface area contributed by atoms with Crippen LogP contribution >= 0.6 is 11.3 Å². The van der Waals surface area contributed by atoms with Gasteiger partial charge in [0.1, 0.15) is 17.0 Å². The second-order valence-electron chi connectivity index (χ2n) is 8.71. The molecule has 5 heterocycles. The molecule has 4 aromatic heterocycles. The Kier molecular flexibility index (Phi) is 4.05. The zero-order valence-electron chi connectivity index (χ0n) is 17.5. The molecule has 0 spiro atoms. The van der Waals surface area contributed by atoms with Crippen molar-refractivity contribution in [3.8, 4) is 0 Å². The summed E-state index contributed by atoms with van der Waals surface area (Å²) in [5.74, 6) is 1.02. The number of hydrogen-bond donors (Lipinski definition) is 1. The van der Waals surface area contributed by atoms with Crippen LogP contribution in [0.25, 0.3) is 21.3 Å². The summed E-state index contributed by atoms with van der Waals surface area (Å²) in [5.41, 5.74) is 9.83. The number of thiophene rings is 1. The van der Waals surface area contributed by atoms with Gasteiger partial charge in [-0.05, 0) is 44.7 Å². The number of nitrogens with two attached hydrogens (primary N) is 1. The van der Waals surface area contributed by atoms with Crippen LogP contribution in [0.2, 0.25) is 0 Å². The maximum absolute atomic E-state index is 13.7. The van der Waals surface area contributed by atoms with Gasteiger partial charge >= 0.3 is 0 Å². The van der Waals surface area contributed by atoms with Crippen molar-refractivity contribution in [3.63, 3.8) is 0 Å². The Morgan fingerprint density at radius 2 is 2.13 bits per heavy atom. The van der Waals surface area contributed by atoms with Gasteiger partial charge in [0, 0.05) is 29.1 Å². The normalized spacial score (nSPS) is 16.4. The van der Waals surface area contributed by atoms with Crippen molar-refractivity contribution < 1.29 is 4.79 Å². The van der Waals surface area contributed by atoms with Gasteiger partial charge in [0.25, 0.3) is 5.91 Å². The maximum Gasteiger partial charge on any atom is 0.255 e. The summed E-state index contributed by atoms with van der Waals surface area (Å²) in [6.45, 7) is 5.38. The number of amides is 1. The van der Waals surface area contributed by atoms with Crippen LogP contribution in [0.1, 0.15) is 65.1 Å². The van der Waals surface area contributed by atoms with E-state index >= 15 is 0 Å². The molecule has 1 aliphatic carbocycles. The van der Waals surface area contributed by atoms with E-state index in [1.54, 1.807) is 17.5 Å². The average molecular weight is 434 g/mol. The molecule has 6 rings (SSSR count). The summed E-state index contributed by atoms with van der Waals surface area (Å²) in [5, 5.41) is 6.32. The number of rotatable bonds is 3. The summed E-state index contributed by atoms with van der Waals surface area (Å²) in [4.78, 5) is 31.1. The van der Waals surface area contributed by atoms with E-state index in [1.807, 2.05) is 15.6 Å². The van der Waals surface area contributed by atoms with Gasteiger partial charge in [0.15, 0.2) is 5.65 Å². The lowest BCUT2D eigenvalue weighted by molar-refractivity contribution is 0.0739. The molecule has 9 heteroatoms. The zero-order chi connectivity index (χ0) is 21.3. The highest BCUT2D eigenvalue weighted by atomic mass is 32.1. The number of nitrogens with zero attached hydrogens (tertiary/aromatic N) is 6. The molecular formula is C22H23N7OS. The number of hydrogen-bond acceptors (Lipinski definition) is 7. The van der Waals surface area contributed by atoms with E-state index < -0.39 is 0 Å². The van der Waals surface area contributed by atoms with Crippen LogP contribution in [0, 0.1) is 0 Å². The third kappa shape index (κ3) is 2.90. The van der Waals surface area contributed by atoms with Crippen LogP contribution in [-0.4, -0.2) is 42.1 Å². The number of aromatic nitrogens is 5. The molecule has 8 nitrogen and oxygen atoms in total. The standard InChI is InChI=1S/C22H23N7OS/c1-11(2)29-20-15(8-26-29)14(7-16(27-20)12-3-4-12)22(30)28-6-5-13-17(9-28)31-21-18(13)19(23)24-10-25-21/h7-8,10-12H,3-6,9H2,1-2H3,(H2,23,24,25). The molecular weight excluding hydrogens is 410 g/mol. The molecule has 0 atom stereocenters. The van der Waals surface area contributed by atoms with Gasteiger partial charge in [-0.3, -0.25) is 4.79 Å². The second kappa shape index (κ2) is 6.71. The smallest absolute Gasteiger partial charge is 0.255 e. The van der Waals surface area contributed by atoms with Crippen LogP contribution in [0.15, 0.2) is 18.6 Å². The predicted molar refractivity (Wildman–Crippen MR) is 120 cm³/mol. The molecule has 1 saturated carbocycles. The topological polar surface area (TPSA) is 103 Å². The maximum atomic E-state index is 13.7. The van der Waals surface area contributed by atoms with Gasteiger partial charge in [0.2, 0.25) is 0 Å². The van der Waals surface area contributed by atoms with Crippen LogP contribution in [0.3, 0.4) is 0 Å².